The SMILES string of the molecule is NC(=O)CC(C=O)NC(=O)c1ccc2ccccc2n1. The number of rotatable bonds is 5. The van der Waals surface area contributed by atoms with E-state index in [0.717, 1.165) is 5.39 Å². The van der Waals surface area contributed by atoms with Crippen LogP contribution in [0.1, 0.15) is 16.9 Å². The summed E-state index contributed by atoms with van der Waals surface area (Å²) in [5, 5.41) is 3.32. The minimum Gasteiger partial charge on any atom is -0.370 e. The van der Waals surface area contributed by atoms with Crippen molar-refractivity contribution in [2.75, 3.05) is 0 Å². The second kappa shape index (κ2) is 5.92. The van der Waals surface area contributed by atoms with Crippen LogP contribution in [0.4, 0.5) is 0 Å². The molecular formula is C14H13N3O3. The summed E-state index contributed by atoms with van der Waals surface area (Å²) in [5.41, 5.74) is 5.85. The van der Waals surface area contributed by atoms with Gasteiger partial charge in [0, 0.05) is 5.39 Å². The number of amides is 2. The van der Waals surface area contributed by atoms with Gasteiger partial charge in [-0.15, -0.1) is 0 Å². The molecule has 1 aromatic carbocycles. The zero-order valence-corrected chi connectivity index (χ0v) is 10.6. The second-order valence-corrected chi connectivity index (χ2v) is 4.28. The molecule has 0 aliphatic heterocycles. The monoisotopic (exact) mass is 271 g/mol. The van der Waals surface area contributed by atoms with E-state index in [-0.39, 0.29) is 12.1 Å². The van der Waals surface area contributed by atoms with E-state index in [1.54, 1.807) is 18.2 Å². The predicted molar refractivity (Wildman–Crippen MR) is 72.9 cm³/mol. The molecular weight excluding hydrogens is 258 g/mol. The molecule has 2 amide bonds. The zero-order valence-electron chi connectivity index (χ0n) is 10.6. The smallest absolute Gasteiger partial charge is 0.270 e. The van der Waals surface area contributed by atoms with E-state index in [1.165, 1.54) is 0 Å². The molecule has 0 spiro atoms. The number of nitrogens with two attached hydrogens (primary N) is 1. The predicted octanol–water partition coefficient (Wildman–Crippen LogP) is 0.407. The van der Waals surface area contributed by atoms with Gasteiger partial charge >= 0.3 is 0 Å². The molecule has 0 saturated carbocycles. The Labute approximate surface area is 115 Å². The summed E-state index contributed by atoms with van der Waals surface area (Å²) < 4.78 is 0. The first-order valence-corrected chi connectivity index (χ1v) is 6.00. The van der Waals surface area contributed by atoms with Gasteiger partial charge in [-0.05, 0) is 12.1 Å². The number of hydrogen-bond donors (Lipinski definition) is 2. The van der Waals surface area contributed by atoms with Crippen LogP contribution in [0.5, 0.6) is 0 Å². The lowest BCUT2D eigenvalue weighted by Crippen LogP contribution is -2.39. The zero-order chi connectivity index (χ0) is 14.5. The van der Waals surface area contributed by atoms with Gasteiger partial charge in [-0.1, -0.05) is 24.3 Å². The van der Waals surface area contributed by atoms with E-state index in [1.807, 2.05) is 18.2 Å². The summed E-state index contributed by atoms with van der Waals surface area (Å²) in [5.74, 6) is -1.18. The fraction of sp³-hybridized carbons (Fsp3) is 0.143. The number of aldehydes is 1. The molecule has 102 valence electrons. The number of hydrogen-bond acceptors (Lipinski definition) is 4. The molecule has 1 heterocycles. The summed E-state index contributed by atoms with van der Waals surface area (Å²) >= 11 is 0. The summed E-state index contributed by atoms with van der Waals surface area (Å²) in [7, 11) is 0. The van der Waals surface area contributed by atoms with Crippen LogP contribution in [0.2, 0.25) is 0 Å². The van der Waals surface area contributed by atoms with Crippen molar-refractivity contribution < 1.29 is 14.4 Å². The molecule has 0 aliphatic carbocycles. The molecule has 1 unspecified atom stereocenters. The quantitative estimate of drug-likeness (QED) is 0.769. The summed E-state index contributed by atoms with van der Waals surface area (Å²) in [6, 6.07) is 9.74. The van der Waals surface area contributed by atoms with Gasteiger partial charge in [-0.3, -0.25) is 9.59 Å². The van der Waals surface area contributed by atoms with Crippen molar-refractivity contribution >= 4 is 29.0 Å². The molecule has 0 fully saturated rings. The number of carbonyl (C=O) groups excluding carboxylic acids is 3. The van der Waals surface area contributed by atoms with Crippen molar-refractivity contribution in [3.8, 4) is 0 Å². The molecule has 1 aromatic heterocycles. The van der Waals surface area contributed by atoms with Gasteiger partial charge < -0.3 is 15.8 Å². The lowest BCUT2D eigenvalue weighted by molar-refractivity contribution is -0.120. The van der Waals surface area contributed by atoms with Crippen LogP contribution in [0.15, 0.2) is 36.4 Å². The van der Waals surface area contributed by atoms with Gasteiger partial charge in [-0.25, -0.2) is 4.98 Å². The molecule has 0 saturated heterocycles. The maximum atomic E-state index is 12.0. The normalized spacial score (nSPS) is 11.8. The minimum absolute atomic E-state index is 0.181. The van der Waals surface area contributed by atoms with Crippen LogP contribution in [0, 0.1) is 0 Å². The average molecular weight is 271 g/mol. The number of fused-ring (bicyclic) bond motifs is 1. The fourth-order valence-electron chi connectivity index (χ4n) is 1.78. The van der Waals surface area contributed by atoms with Crippen LogP contribution < -0.4 is 11.1 Å². The highest BCUT2D eigenvalue weighted by atomic mass is 16.2. The van der Waals surface area contributed by atoms with Crippen LogP contribution in [0.3, 0.4) is 0 Å². The van der Waals surface area contributed by atoms with Gasteiger partial charge in [-0.2, -0.15) is 0 Å². The Hall–Kier alpha value is -2.76. The number of pyridine rings is 1. The second-order valence-electron chi connectivity index (χ2n) is 4.28. The Kier molecular flexibility index (Phi) is 4.05. The number of carbonyl (C=O) groups is 3. The third-order valence-corrected chi connectivity index (χ3v) is 2.73. The first-order chi connectivity index (χ1) is 9.60. The van der Waals surface area contributed by atoms with Gasteiger partial charge in [0.2, 0.25) is 5.91 Å². The third-order valence-electron chi connectivity index (χ3n) is 2.73. The molecule has 6 nitrogen and oxygen atoms in total. The molecule has 20 heavy (non-hydrogen) atoms. The van der Waals surface area contributed by atoms with E-state index < -0.39 is 17.9 Å². The number of aromatic nitrogens is 1. The summed E-state index contributed by atoms with van der Waals surface area (Å²) in [6.07, 6.45) is 0.243. The van der Waals surface area contributed by atoms with Crippen molar-refractivity contribution in [1.29, 1.82) is 0 Å². The molecule has 2 rings (SSSR count). The largest absolute Gasteiger partial charge is 0.370 e. The Bertz CT molecular complexity index is 670. The number of nitrogens with zero attached hydrogens (tertiary/aromatic N) is 1. The van der Waals surface area contributed by atoms with Crippen LogP contribution in [0.25, 0.3) is 10.9 Å². The van der Waals surface area contributed by atoms with E-state index >= 15 is 0 Å². The van der Waals surface area contributed by atoms with E-state index in [4.69, 9.17) is 5.73 Å². The van der Waals surface area contributed by atoms with Gasteiger partial charge in [0.25, 0.3) is 5.91 Å². The number of primary amides is 1. The van der Waals surface area contributed by atoms with Crippen molar-refractivity contribution in [2.45, 2.75) is 12.5 Å². The molecule has 1 atom stereocenters. The first kappa shape index (κ1) is 13.7. The van der Waals surface area contributed by atoms with Crippen LogP contribution >= 0.6 is 0 Å². The molecule has 6 heteroatoms. The van der Waals surface area contributed by atoms with E-state index in [2.05, 4.69) is 10.3 Å². The summed E-state index contributed by atoms with van der Waals surface area (Å²) in [4.78, 5) is 37.7. The van der Waals surface area contributed by atoms with E-state index in [0.29, 0.717) is 11.8 Å². The highest BCUT2D eigenvalue weighted by Gasteiger charge is 2.16. The topological polar surface area (TPSA) is 102 Å². The number of nitrogens with one attached hydrogen (secondary N) is 1. The molecule has 3 N–H and O–H groups in total. The van der Waals surface area contributed by atoms with Crippen molar-refractivity contribution in [2.24, 2.45) is 5.73 Å². The molecule has 0 bridgehead atoms. The number of benzene rings is 1. The fourth-order valence-corrected chi connectivity index (χ4v) is 1.78. The van der Waals surface area contributed by atoms with Crippen LogP contribution in [-0.4, -0.2) is 29.1 Å². The third kappa shape index (κ3) is 3.17. The Morgan fingerprint density at radius 2 is 2.00 bits per heavy atom. The highest BCUT2D eigenvalue weighted by molar-refractivity contribution is 5.96. The van der Waals surface area contributed by atoms with Crippen molar-refractivity contribution in [3.05, 3.63) is 42.1 Å². The Morgan fingerprint density at radius 1 is 1.25 bits per heavy atom. The van der Waals surface area contributed by atoms with Gasteiger partial charge in [0.05, 0.1) is 18.0 Å². The van der Waals surface area contributed by atoms with Gasteiger partial charge in [0.1, 0.15) is 12.0 Å². The highest BCUT2D eigenvalue weighted by Crippen LogP contribution is 2.11. The Morgan fingerprint density at radius 3 is 2.70 bits per heavy atom. The maximum Gasteiger partial charge on any atom is 0.270 e. The maximum absolute atomic E-state index is 12.0. The van der Waals surface area contributed by atoms with Crippen LogP contribution in [-0.2, 0) is 9.59 Å². The minimum atomic E-state index is -0.937. The van der Waals surface area contributed by atoms with Gasteiger partial charge in [0.15, 0.2) is 0 Å². The molecule has 0 radical (unpaired) electrons. The lowest BCUT2D eigenvalue weighted by atomic mass is 10.2. The standard InChI is InChI=1S/C14H13N3O3/c15-13(19)7-10(8-18)16-14(20)12-6-5-9-3-1-2-4-11(9)17-12/h1-6,8,10H,7H2,(H2,15,19)(H,16,20). The Balaban J connectivity index is 2.18. The molecule has 0 aliphatic rings. The van der Waals surface area contributed by atoms with Crippen molar-refractivity contribution in [1.82, 2.24) is 10.3 Å². The average Bonchev–Trinajstić information content (AvgIpc) is 2.45. The number of para-hydroxylation sites is 1. The van der Waals surface area contributed by atoms with Crippen molar-refractivity contribution in [3.63, 3.8) is 0 Å². The first-order valence-electron chi connectivity index (χ1n) is 6.00. The lowest BCUT2D eigenvalue weighted by Gasteiger charge is -2.10. The molecule has 2 aromatic rings. The van der Waals surface area contributed by atoms with E-state index in [9.17, 15) is 14.4 Å². The summed E-state index contributed by atoms with van der Waals surface area (Å²) in [6.45, 7) is 0.